The molecule has 1 aromatic heterocycles. The van der Waals surface area contributed by atoms with Crippen LogP contribution in [0.15, 0.2) is 16.5 Å². The minimum absolute atomic E-state index is 0.0373. The molecule has 1 atom stereocenters. The molecule has 2 rings (SSSR count). The first kappa shape index (κ1) is 10.3. The van der Waals surface area contributed by atoms with Crippen molar-refractivity contribution in [3.63, 3.8) is 0 Å². The smallest absolute Gasteiger partial charge is 0.289 e. The molecule has 1 aromatic rings. The molecule has 82 valence electrons. The van der Waals surface area contributed by atoms with Crippen LogP contribution in [0.2, 0.25) is 0 Å². The molecule has 3 heteroatoms. The van der Waals surface area contributed by atoms with E-state index in [-0.39, 0.29) is 5.91 Å². The van der Waals surface area contributed by atoms with Crippen LogP contribution in [0.25, 0.3) is 0 Å². The molecule has 0 unspecified atom stereocenters. The first-order valence-corrected chi connectivity index (χ1v) is 5.56. The Balaban J connectivity index is 2.13. The third kappa shape index (κ3) is 2.06. The highest BCUT2D eigenvalue weighted by Gasteiger charge is 2.25. The second kappa shape index (κ2) is 4.09. The van der Waals surface area contributed by atoms with Crippen LogP contribution >= 0.6 is 0 Å². The van der Waals surface area contributed by atoms with E-state index in [1.807, 2.05) is 17.9 Å². The number of likely N-dealkylation sites (tertiary alicyclic amines) is 1. The molecule has 1 aliphatic rings. The van der Waals surface area contributed by atoms with Crippen LogP contribution in [0.3, 0.4) is 0 Å². The monoisotopic (exact) mass is 207 g/mol. The quantitative estimate of drug-likeness (QED) is 0.709. The molecule has 0 N–H and O–H groups in total. The predicted molar refractivity (Wildman–Crippen MR) is 57.8 cm³/mol. The van der Waals surface area contributed by atoms with Crippen LogP contribution in [0, 0.1) is 6.92 Å². The standard InChI is InChI=1S/C12H17NO2/c1-9-5-3-4-8-13(9)12(14)11-7-6-10(2)15-11/h6-7,9H,3-5,8H2,1-2H3/t9-/m0/s1. The molecular weight excluding hydrogens is 190 g/mol. The van der Waals surface area contributed by atoms with Crippen LogP contribution < -0.4 is 0 Å². The largest absolute Gasteiger partial charge is 0.456 e. The molecule has 2 heterocycles. The second-order valence-corrected chi connectivity index (χ2v) is 4.25. The molecule has 1 saturated heterocycles. The third-order valence-corrected chi connectivity index (χ3v) is 3.01. The first-order chi connectivity index (χ1) is 7.18. The fourth-order valence-electron chi connectivity index (χ4n) is 2.09. The van der Waals surface area contributed by atoms with Gasteiger partial charge in [0.05, 0.1) is 0 Å². The van der Waals surface area contributed by atoms with Crippen LogP contribution in [0.4, 0.5) is 0 Å². The van der Waals surface area contributed by atoms with Crippen LogP contribution in [-0.2, 0) is 0 Å². The van der Waals surface area contributed by atoms with Crippen LogP contribution in [0.1, 0.15) is 42.5 Å². The van der Waals surface area contributed by atoms with Crippen LogP contribution in [0.5, 0.6) is 0 Å². The summed E-state index contributed by atoms with van der Waals surface area (Å²) in [5.41, 5.74) is 0. The van der Waals surface area contributed by atoms with E-state index in [2.05, 4.69) is 6.92 Å². The van der Waals surface area contributed by atoms with Gasteiger partial charge in [0, 0.05) is 12.6 Å². The third-order valence-electron chi connectivity index (χ3n) is 3.01. The number of furan rings is 1. The molecule has 0 radical (unpaired) electrons. The second-order valence-electron chi connectivity index (χ2n) is 4.25. The highest BCUT2D eigenvalue weighted by atomic mass is 16.3. The molecule has 0 bridgehead atoms. The van der Waals surface area contributed by atoms with Gasteiger partial charge < -0.3 is 9.32 Å². The highest BCUT2D eigenvalue weighted by Crippen LogP contribution is 2.19. The van der Waals surface area contributed by atoms with Gasteiger partial charge in [-0.1, -0.05) is 0 Å². The highest BCUT2D eigenvalue weighted by molar-refractivity contribution is 5.91. The van der Waals surface area contributed by atoms with E-state index in [9.17, 15) is 4.79 Å². The summed E-state index contributed by atoms with van der Waals surface area (Å²) in [6.07, 6.45) is 3.43. The molecule has 1 aliphatic heterocycles. The van der Waals surface area contributed by atoms with Crippen molar-refractivity contribution in [3.8, 4) is 0 Å². The number of rotatable bonds is 1. The molecule has 0 aromatic carbocycles. The number of hydrogen-bond acceptors (Lipinski definition) is 2. The molecule has 1 amide bonds. The van der Waals surface area contributed by atoms with Crippen molar-refractivity contribution < 1.29 is 9.21 Å². The maximum absolute atomic E-state index is 12.1. The lowest BCUT2D eigenvalue weighted by atomic mass is 10.0. The number of aryl methyl sites for hydroxylation is 1. The van der Waals surface area contributed by atoms with Gasteiger partial charge >= 0.3 is 0 Å². The number of amides is 1. The Morgan fingerprint density at radius 2 is 2.27 bits per heavy atom. The summed E-state index contributed by atoms with van der Waals surface area (Å²) in [5.74, 6) is 1.31. The van der Waals surface area contributed by atoms with Crippen molar-refractivity contribution >= 4 is 5.91 Å². The zero-order valence-electron chi connectivity index (χ0n) is 9.32. The molecule has 0 spiro atoms. The summed E-state index contributed by atoms with van der Waals surface area (Å²) in [6.45, 7) is 4.82. The Bertz CT molecular complexity index is 356. The van der Waals surface area contributed by atoms with Crippen molar-refractivity contribution in [2.24, 2.45) is 0 Å². The molecule has 15 heavy (non-hydrogen) atoms. The van der Waals surface area contributed by atoms with E-state index in [0.29, 0.717) is 11.8 Å². The molecule has 1 fully saturated rings. The Labute approximate surface area is 90.1 Å². The Morgan fingerprint density at radius 1 is 1.47 bits per heavy atom. The van der Waals surface area contributed by atoms with E-state index in [1.54, 1.807) is 6.07 Å². The van der Waals surface area contributed by atoms with Gasteiger partial charge in [-0.05, 0) is 45.2 Å². The van der Waals surface area contributed by atoms with Gasteiger partial charge in [0.2, 0.25) is 0 Å². The fraction of sp³-hybridized carbons (Fsp3) is 0.583. The van der Waals surface area contributed by atoms with E-state index in [0.717, 1.165) is 25.1 Å². The van der Waals surface area contributed by atoms with Crippen molar-refractivity contribution in [3.05, 3.63) is 23.7 Å². The lowest BCUT2D eigenvalue weighted by Gasteiger charge is -2.32. The van der Waals surface area contributed by atoms with Crippen molar-refractivity contribution in [1.82, 2.24) is 4.90 Å². The zero-order valence-corrected chi connectivity index (χ0v) is 9.32. The number of nitrogens with zero attached hydrogens (tertiary/aromatic N) is 1. The molecule has 0 aliphatic carbocycles. The summed E-state index contributed by atoms with van der Waals surface area (Å²) in [5, 5.41) is 0. The van der Waals surface area contributed by atoms with Gasteiger partial charge in [-0.15, -0.1) is 0 Å². The topological polar surface area (TPSA) is 33.5 Å². The Morgan fingerprint density at radius 3 is 2.87 bits per heavy atom. The van der Waals surface area contributed by atoms with E-state index < -0.39 is 0 Å². The van der Waals surface area contributed by atoms with Crippen molar-refractivity contribution in [1.29, 1.82) is 0 Å². The average molecular weight is 207 g/mol. The van der Waals surface area contributed by atoms with Gasteiger partial charge in [-0.3, -0.25) is 4.79 Å². The first-order valence-electron chi connectivity index (χ1n) is 5.56. The summed E-state index contributed by atoms with van der Waals surface area (Å²) >= 11 is 0. The Hall–Kier alpha value is -1.25. The summed E-state index contributed by atoms with van der Waals surface area (Å²) in [6, 6.07) is 3.94. The SMILES string of the molecule is Cc1ccc(C(=O)N2CCCC[C@@H]2C)o1. The number of hydrogen-bond donors (Lipinski definition) is 0. The van der Waals surface area contributed by atoms with E-state index in [4.69, 9.17) is 4.42 Å². The lowest BCUT2D eigenvalue weighted by Crippen LogP contribution is -2.41. The number of piperidine rings is 1. The lowest BCUT2D eigenvalue weighted by molar-refractivity contribution is 0.0601. The fourth-order valence-corrected chi connectivity index (χ4v) is 2.09. The zero-order chi connectivity index (χ0) is 10.8. The minimum atomic E-state index is 0.0373. The van der Waals surface area contributed by atoms with Gasteiger partial charge in [0.15, 0.2) is 5.76 Å². The van der Waals surface area contributed by atoms with E-state index >= 15 is 0 Å². The van der Waals surface area contributed by atoms with Crippen LogP contribution in [-0.4, -0.2) is 23.4 Å². The maximum atomic E-state index is 12.1. The Kier molecular flexibility index (Phi) is 2.80. The summed E-state index contributed by atoms with van der Waals surface area (Å²) < 4.78 is 5.36. The van der Waals surface area contributed by atoms with Crippen molar-refractivity contribution in [2.75, 3.05) is 6.54 Å². The number of carbonyl (C=O) groups is 1. The van der Waals surface area contributed by atoms with Crippen molar-refractivity contribution in [2.45, 2.75) is 39.2 Å². The summed E-state index contributed by atoms with van der Waals surface area (Å²) in [4.78, 5) is 14.0. The normalized spacial score (nSPS) is 21.7. The predicted octanol–water partition coefficient (Wildman–Crippen LogP) is 2.60. The maximum Gasteiger partial charge on any atom is 0.289 e. The van der Waals surface area contributed by atoms with Gasteiger partial charge in [-0.2, -0.15) is 0 Å². The average Bonchev–Trinajstić information content (AvgIpc) is 2.65. The molecular formula is C12H17NO2. The van der Waals surface area contributed by atoms with Gasteiger partial charge in [0.25, 0.3) is 5.91 Å². The van der Waals surface area contributed by atoms with Gasteiger partial charge in [0.1, 0.15) is 5.76 Å². The molecule has 3 nitrogen and oxygen atoms in total. The number of carbonyl (C=O) groups excluding carboxylic acids is 1. The van der Waals surface area contributed by atoms with E-state index in [1.165, 1.54) is 6.42 Å². The van der Waals surface area contributed by atoms with Gasteiger partial charge in [-0.25, -0.2) is 0 Å². The summed E-state index contributed by atoms with van der Waals surface area (Å²) in [7, 11) is 0. The molecule has 0 saturated carbocycles. The minimum Gasteiger partial charge on any atom is -0.456 e.